The van der Waals surface area contributed by atoms with Gasteiger partial charge in [-0.2, -0.15) is 0 Å². The van der Waals surface area contributed by atoms with Crippen molar-refractivity contribution in [2.45, 2.75) is 39.0 Å². The first-order valence-corrected chi connectivity index (χ1v) is 7.21. The van der Waals surface area contributed by atoms with E-state index in [0.29, 0.717) is 0 Å². The number of hydrogen-bond donors (Lipinski definition) is 2. The third-order valence-electron chi connectivity index (χ3n) is 2.58. The molecule has 6 nitrogen and oxygen atoms in total. The fraction of sp³-hybridized carbons (Fsp3) is 0.467. The van der Waals surface area contributed by atoms with Crippen molar-refractivity contribution in [1.29, 1.82) is 0 Å². The second-order valence-corrected chi connectivity index (χ2v) is 6.16. The number of benzene rings is 1. The van der Waals surface area contributed by atoms with Gasteiger partial charge in [-0.3, -0.25) is 0 Å². The van der Waals surface area contributed by atoms with Gasteiger partial charge in [0.2, 0.25) is 0 Å². The predicted molar refractivity (Wildman–Crippen MR) is 81.9 cm³/mol. The molecule has 8 heteroatoms. The summed E-state index contributed by atoms with van der Waals surface area (Å²) in [7, 11) is 0. The van der Waals surface area contributed by atoms with Gasteiger partial charge in [0, 0.05) is 10.6 Å². The average Bonchev–Trinajstić information content (AvgIpc) is 2.38. The minimum atomic E-state index is -1.32. The maximum atomic E-state index is 13.6. The number of amides is 1. The number of alkyl carbamates (subject to hydrolysis) is 1. The zero-order valence-corrected chi connectivity index (χ0v) is 13.8. The number of nitrogens with one attached hydrogen (secondary N) is 1. The maximum absolute atomic E-state index is 13.6. The van der Waals surface area contributed by atoms with Crippen molar-refractivity contribution in [1.82, 2.24) is 5.32 Å². The van der Waals surface area contributed by atoms with Crippen molar-refractivity contribution >= 4 is 23.7 Å². The number of halogens is 2. The second kappa shape index (κ2) is 8.12. The van der Waals surface area contributed by atoms with Crippen molar-refractivity contribution in [2.75, 3.05) is 6.61 Å². The molecular weight excluding hydrogens is 329 g/mol. The van der Waals surface area contributed by atoms with E-state index in [1.807, 2.05) is 0 Å². The Bertz CT molecular complexity index is 553. The molecule has 1 rings (SSSR count). The lowest BCUT2D eigenvalue weighted by molar-refractivity contribution is -0.141. The van der Waals surface area contributed by atoms with Crippen LogP contribution in [-0.4, -0.2) is 35.4 Å². The van der Waals surface area contributed by atoms with E-state index in [0.717, 1.165) is 0 Å². The van der Waals surface area contributed by atoms with E-state index in [2.05, 4.69) is 5.32 Å². The molecule has 0 bridgehead atoms. The summed E-state index contributed by atoms with van der Waals surface area (Å²) in [5.41, 5.74) is -0.634. The van der Waals surface area contributed by atoms with Crippen LogP contribution < -0.4 is 5.32 Å². The van der Waals surface area contributed by atoms with Crippen LogP contribution in [0, 0.1) is 5.82 Å². The lowest BCUT2D eigenvalue weighted by Crippen LogP contribution is -2.46. The van der Waals surface area contributed by atoms with Crippen LogP contribution in [0.4, 0.5) is 9.18 Å². The number of carbonyl (C=O) groups is 2. The largest absolute Gasteiger partial charge is 0.480 e. The Morgan fingerprint density at radius 2 is 2.04 bits per heavy atom. The van der Waals surface area contributed by atoms with Crippen LogP contribution in [0.5, 0.6) is 0 Å². The van der Waals surface area contributed by atoms with Crippen molar-refractivity contribution in [3.05, 3.63) is 34.6 Å². The molecule has 0 aliphatic rings. The van der Waals surface area contributed by atoms with E-state index in [1.54, 1.807) is 20.8 Å². The molecule has 128 valence electrons. The highest BCUT2D eigenvalue weighted by Gasteiger charge is 2.24. The van der Waals surface area contributed by atoms with Crippen molar-refractivity contribution in [3.8, 4) is 0 Å². The van der Waals surface area contributed by atoms with Crippen LogP contribution in [0.1, 0.15) is 26.3 Å². The molecule has 1 aromatic carbocycles. The first-order chi connectivity index (χ1) is 10.6. The Morgan fingerprint density at radius 3 is 2.57 bits per heavy atom. The van der Waals surface area contributed by atoms with Gasteiger partial charge in [-0.05, 0) is 32.9 Å². The summed E-state index contributed by atoms with van der Waals surface area (Å²) >= 11 is 5.84. The van der Waals surface area contributed by atoms with Gasteiger partial charge in [0.1, 0.15) is 11.4 Å². The van der Waals surface area contributed by atoms with Gasteiger partial charge < -0.3 is 19.9 Å². The Kier molecular flexibility index (Phi) is 6.78. The second-order valence-electron chi connectivity index (χ2n) is 5.75. The van der Waals surface area contributed by atoms with Crippen LogP contribution >= 0.6 is 11.6 Å². The van der Waals surface area contributed by atoms with Gasteiger partial charge in [0.25, 0.3) is 0 Å². The molecule has 0 aromatic heterocycles. The number of carboxylic acid groups (broad SMARTS) is 1. The Morgan fingerprint density at radius 1 is 1.39 bits per heavy atom. The van der Waals surface area contributed by atoms with Crippen molar-refractivity contribution in [2.24, 2.45) is 0 Å². The topological polar surface area (TPSA) is 84.9 Å². The smallest absolute Gasteiger partial charge is 0.408 e. The fourth-order valence-corrected chi connectivity index (χ4v) is 1.79. The number of rotatable bonds is 6. The van der Waals surface area contributed by atoms with E-state index in [1.165, 1.54) is 18.2 Å². The molecule has 0 fully saturated rings. The Labute approximate surface area is 138 Å². The number of carboxylic acids is 1. The third-order valence-corrected chi connectivity index (χ3v) is 2.94. The first-order valence-electron chi connectivity index (χ1n) is 6.83. The molecule has 0 aliphatic carbocycles. The Balaban J connectivity index is 2.57. The maximum Gasteiger partial charge on any atom is 0.408 e. The molecule has 0 aliphatic heterocycles. The van der Waals surface area contributed by atoms with E-state index in [-0.39, 0.29) is 23.8 Å². The summed E-state index contributed by atoms with van der Waals surface area (Å²) in [6.45, 7) is 4.38. The molecule has 0 radical (unpaired) electrons. The lowest BCUT2D eigenvalue weighted by atomic mass is 10.2. The SMILES string of the molecule is CC(C)(C)OC(=O)N[C@H](COCc1c(F)cccc1Cl)C(=O)O. The predicted octanol–water partition coefficient (Wildman–Crippen LogP) is 2.97. The van der Waals surface area contributed by atoms with Gasteiger partial charge in [-0.1, -0.05) is 17.7 Å². The molecule has 2 N–H and O–H groups in total. The van der Waals surface area contributed by atoms with Crippen LogP contribution in [-0.2, 0) is 20.9 Å². The summed E-state index contributed by atoms with van der Waals surface area (Å²) in [5, 5.41) is 11.4. The Hall–Kier alpha value is -1.86. The molecule has 1 amide bonds. The van der Waals surface area contributed by atoms with E-state index < -0.39 is 29.5 Å². The summed E-state index contributed by atoms with van der Waals surface area (Å²) in [6, 6.07) is 2.84. The van der Waals surface area contributed by atoms with Crippen LogP contribution in [0.3, 0.4) is 0 Å². The van der Waals surface area contributed by atoms with E-state index in [4.69, 9.17) is 26.2 Å². The molecular formula is C15H19ClFNO5. The number of ether oxygens (including phenoxy) is 2. The van der Waals surface area contributed by atoms with Crippen molar-refractivity contribution in [3.63, 3.8) is 0 Å². The minimum absolute atomic E-state index is 0.121. The molecule has 0 unspecified atom stereocenters. The number of aliphatic carboxylic acids is 1. The molecule has 0 saturated heterocycles. The molecule has 23 heavy (non-hydrogen) atoms. The summed E-state index contributed by atoms with van der Waals surface area (Å²) < 4.78 is 23.7. The molecule has 0 spiro atoms. The lowest BCUT2D eigenvalue weighted by Gasteiger charge is -2.22. The quantitative estimate of drug-likeness (QED) is 0.826. The van der Waals surface area contributed by atoms with Gasteiger partial charge in [-0.15, -0.1) is 0 Å². The van der Waals surface area contributed by atoms with E-state index >= 15 is 0 Å². The first kappa shape index (κ1) is 19.2. The van der Waals surface area contributed by atoms with Crippen LogP contribution in [0.2, 0.25) is 5.02 Å². The third kappa shape index (κ3) is 6.83. The van der Waals surface area contributed by atoms with E-state index in [9.17, 15) is 14.0 Å². The molecule has 1 atom stereocenters. The average molecular weight is 348 g/mol. The minimum Gasteiger partial charge on any atom is -0.480 e. The summed E-state index contributed by atoms with van der Waals surface area (Å²) in [5.74, 6) is -1.85. The standard InChI is InChI=1S/C15H19ClFNO5/c1-15(2,3)23-14(21)18-12(13(19)20)8-22-7-9-10(16)5-4-6-11(9)17/h4-6,12H,7-8H2,1-3H3,(H,18,21)(H,19,20)/t12-/m1/s1. The monoisotopic (exact) mass is 347 g/mol. The summed E-state index contributed by atoms with van der Waals surface area (Å²) in [6.07, 6.45) is -0.877. The highest BCUT2D eigenvalue weighted by molar-refractivity contribution is 6.31. The van der Waals surface area contributed by atoms with Gasteiger partial charge in [0.15, 0.2) is 6.04 Å². The fourth-order valence-electron chi connectivity index (χ4n) is 1.57. The molecule has 0 heterocycles. The number of carbonyl (C=O) groups excluding carboxylic acids is 1. The summed E-state index contributed by atoms with van der Waals surface area (Å²) in [4.78, 5) is 22.7. The van der Waals surface area contributed by atoms with Gasteiger partial charge >= 0.3 is 12.1 Å². The normalized spacial score (nSPS) is 12.6. The molecule has 1 aromatic rings. The number of hydrogen-bond acceptors (Lipinski definition) is 4. The zero-order chi connectivity index (χ0) is 17.6. The highest BCUT2D eigenvalue weighted by Crippen LogP contribution is 2.19. The van der Waals surface area contributed by atoms with Gasteiger partial charge in [0.05, 0.1) is 13.2 Å². The highest BCUT2D eigenvalue weighted by atomic mass is 35.5. The molecule has 0 saturated carbocycles. The zero-order valence-electron chi connectivity index (χ0n) is 13.1. The van der Waals surface area contributed by atoms with Crippen LogP contribution in [0.25, 0.3) is 0 Å². The van der Waals surface area contributed by atoms with Crippen molar-refractivity contribution < 1.29 is 28.6 Å². The van der Waals surface area contributed by atoms with Gasteiger partial charge in [-0.25, -0.2) is 14.0 Å². The van der Waals surface area contributed by atoms with Crippen LogP contribution in [0.15, 0.2) is 18.2 Å².